The summed E-state index contributed by atoms with van der Waals surface area (Å²) in [7, 11) is 0. The second-order valence-electron chi connectivity index (χ2n) is 13.9. The van der Waals surface area contributed by atoms with Crippen molar-refractivity contribution >= 4 is 29.3 Å². The number of nitrogens with zero attached hydrogens (tertiary/aromatic N) is 4. The molecule has 0 aliphatic heterocycles. The first-order valence-electron chi connectivity index (χ1n) is 19.1. The van der Waals surface area contributed by atoms with Crippen LogP contribution in [0.3, 0.4) is 0 Å². The van der Waals surface area contributed by atoms with E-state index >= 15 is 0 Å². The molecule has 57 heavy (non-hydrogen) atoms. The highest BCUT2D eigenvalue weighted by molar-refractivity contribution is 6.06. The Bertz CT molecular complexity index is 2790. The molecule has 0 aliphatic rings. The van der Waals surface area contributed by atoms with E-state index in [9.17, 15) is 0 Å². The van der Waals surface area contributed by atoms with E-state index in [0.29, 0.717) is 17.5 Å². The molecule has 0 saturated carbocycles. The fourth-order valence-electron chi connectivity index (χ4n) is 7.46. The lowest BCUT2D eigenvalue weighted by Crippen LogP contribution is -2.00. The van der Waals surface area contributed by atoms with Gasteiger partial charge in [-0.05, 0) is 81.7 Å². The van der Waals surface area contributed by atoms with Gasteiger partial charge >= 0.3 is 0 Å². The summed E-state index contributed by atoms with van der Waals surface area (Å²) in [5.74, 6) is 1.85. The van der Waals surface area contributed by atoms with Crippen LogP contribution in [0.2, 0.25) is 0 Å². The lowest BCUT2D eigenvalue weighted by molar-refractivity contribution is 1.07. The first-order chi connectivity index (χ1) is 28.1. The SMILES string of the molecule is C=Nc1c(/C=C\C)cc(-c2cccc(-c3cccc(-c4nc(-c5ccc(-c6ccccc6)cc5)nc(-c5ccc(-c6ccccc6)cc5)n4)c3)c2)c2ccccc12. The molecule has 0 N–H and O–H groups in total. The van der Waals surface area contributed by atoms with Crippen molar-refractivity contribution in [3.8, 4) is 78.7 Å². The number of hydrogen-bond acceptors (Lipinski definition) is 4. The maximum atomic E-state index is 5.10. The van der Waals surface area contributed by atoms with Gasteiger partial charge in [-0.3, -0.25) is 4.99 Å². The van der Waals surface area contributed by atoms with Crippen molar-refractivity contribution in [2.75, 3.05) is 0 Å². The number of aromatic nitrogens is 3. The summed E-state index contributed by atoms with van der Waals surface area (Å²) in [4.78, 5) is 19.7. The Morgan fingerprint density at radius 1 is 0.386 bits per heavy atom. The number of aliphatic imine (C=N–C) groups is 1. The Balaban J connectivity index is 1.13. The third kappa shape index (κ3) is 7.20. The minimum Gasteiger partial charge on any atom is -0.263 e. The highest BCUT2D eigenvalue weighted by Crippen LogP contribution is 2.40. The molecule has 0 aliphatic carbocycles. The summed E-state index contributed by atoms with van der Waals surface area (Å²) < 4.78 is 0. The van der Waals surface area contributed by atoms with Crippen molar-refractivity contribution in [2.45, 2.75) is 6.92 Å². The van der Waals surface area contributed by atoms with Crippen LogP contribution in [0.5, 0.6) is 0 Å². The van der Waals surface area contributed by atoms with Crippen LogP contribution in [0, 0.1) is 0 Å². The molecule has 4 nitrogen and oxygen atoms in total. The average Bonchev–Trinajstić information content (AvgIpc) is 3.29. The highest BCUT2D eigenvalue weighted by atomic mass is 15.0. The molecule has 1 heterocycles. The predicted octanol–water partition coefficient (Wildman–Crippen LogP) is 14.1. The van der Waals surface area contributed by atoms with Gasteiger partial charge in [-0.1, -0.05) is 182 Å². The largest absolute Gasteiger partial charge is 0.263 e. The van der Waals surface area contributed by atoms with Crippen molar-refractivity contribution in [1.29, 1.82) is 0 Å². The van der Waals surface area contributed by atoms with E-state index in [1.807, 2.05) is 25.1 Å². The number of benzene rings is 8. The molecule has 0 unspecified atom stereocenters. The lowest BCUT2D eigenvalue weighted by Gasteiger charge is -2.14. The van der Waals surface area contributed by atoms with Crippen LogP contribution in [-0.2, 0) is 0 Å². The number of hydrogen-bond donors (Lipinski definition) is 0. The normalized spacial score (nSPS) is 11.2. The van der Waals surface area contributed by atoms with Gasteiger partial charge in [0.2, 0.25) is 0 Å². The quantitative estimate of drug-likeness (QED) is 0.139. The van der Waals surface area contributed by atoms with Crippen LogP contribution in [-0.4, -0.2) is 21.7 Å². The van der Waals surface area contributed by atoms with Gasteiger partial charge in [0, 0.05) is 27.6 Å². The third-order valence-corrected chi connectivity index (χ3v) is 10.3. The van der Waals surface area contributed by atoms with E-state index in [2.05, 4.69) is 194 Å². The van der Waals surface area contributed by atoms with E-state index in [0.717, 1.165) is 83.2 Å². The van der Waals surface area contributed by atoms with Gasteiger partial charge in [-0.2, -0.15) is 0 Å². The van der Waals surface area contributed by atoms with E-state index < -0.39 is 0 Å². The van der Waals surface area contributed by atoms with Crippen molar-refractivity contribution < 1.29 is 0 Å². The predicted molar refractivity (Wildman–Crippen MR) is 239 cm³/mol. The number of allylic oxidation sites excluding steroid dienone is 1. The summed E-state index contributed by atoms with van der Waals surface area (Å²) >= 11 is 0. The van der Waals surface area contributed by atoms with E-state index in [4.69, 9.17) is 15.0 Å². The van der Waals surface area contributed by atoms with E-state index in [-0.39, 0.29) is 0 Å². The maximum Gasteiger partial charge on any atom is 0.164 e. The van der Waals surface area contributed by atoms with Gasteiger partial charge in [0.05, 0.1) is 5.69 Å². The Morgan fingerprint density at radius 3 is 1.32 bits per heavy atom. The molecule has 0 spiro atoms. The number of rotatable bonds is 9. The van der Waals surface area contributed by atoms with Gasteiger partial charge < -0.3 is 0 Å². The smallest absolute Gasteiger partial charge is 0.164 e. The molecular formula is C53H38N4. The molecule has 8 aromatic carbocycles. The van der Waals surface area contributed by atoms with E-state index in [1.165, 1.54) is 0 Å². The lowest BCUT2D eigenvalue weighted by atomic mass is 9.92. The molecule has 0 saturated heterocycles. The van der Waals surface area contributed by atoms with Crippen LogP contribution in [0.4, 0.5) is 5.69 Å². The molecule has 9 aromatic rings. The zero-order chi connectivity index (χ0) is 38.6. The summed E-state index contributed by atoms with van der Waals surface area (Å²) in [6.07, 6.45) is 4.14. The Morgan fingerprint density at radius 2 is 0.789 bits per heavy atom. The molecule has 4 heteroatoms. The zero-order valence-corrected chi connectivity index (χ0v) is 31.5. The van der Waals surface area contributed by atoms with Crippen molar-refractivity contribution in [2.24, 2.45) is 4.99 Å². The Kier molecular flexibility index (Phi) is 9.66. The topological polar surface area (TPSA) is 51.0 Å². The van der Waals surface area contributed by atoms with Gasteiger partial charge in [-0.25, -0.2) is 15.0 Å². The molecule has 0 atom stereocenters. The molecule has 0 bridgehead atoms. The standard InChI is InChI=1S/C53H38N4/c1-3-14-45-35-49(47-23-10-11-24-48(47)50(45)54-2)44-21-12-19-42(33-44)43-20-13-22-46(34-43)53-56-51(40-29-25-38(26-30-40)36-15-6-4-7-16-36)55-52(57-53)41-31-27-39(28-32-41)37-17-8-5-9-18-37/h3-35H,2H2,1H3/b14-3-. The van der Waals surface area contributed by atoms with Crippen LogP contribution in [0.1, 0.15) is 12.5 Å². The average molecular weight is 731 g/mol. The van der Waals surface area contributed by atoms with E-state index in [1.54, 1.807) is 0 Å². The zero-order valence-electron chi connectivity index (χ0n) is 31.5. The minimum absolute atomic E-state index is 0.613. The molecular weight excluding hydrogens is 693 g/mol. The van der Waals surface area contributed by atoms with Crippen LogP contribution in [0.15, 0.2) is 199 Å². The van der Waals surface area contributed by atoms with Crippen LogP contribution in [0.25, 0.3) is 95.5 Å². The highest BCUT2D eigenvalue weighted by Gasteiger charge is 2.15. The second-order valence-corrected chi connectivity index (χ2v) is 13.9. The second kappa shape index (κ2) is 15.7. The van der Waals surface area contributed by atoms with Gasteiger partial charge in [0.1, 0.15) is 0 Å². The third-order valence-electron chi connectivity index (χ3n) is 10.3. The van der Waals surface area contributed by atoms with Crippen molar-refractivity contribution in [3.63, 3.8) is 0 Å². The maximum absolute atomic E-state index is 5.10. The summed E-state index contributed by atoms with van der Waals surface area (Å²) in [5.41, 5.74) is 13.7. The molecule has 1 aromatic heterocycles. The van der Waals surface area contributed by atoms with Gasteiger partial charge in [0.15, 0.2) is 17.5 Å². The molecule has 0 fully saturated rings. The van der Waals surface area contributed by atoms with Crippen LogP contribution >= 0.6 is 0 Å². The summed E-state index contributed by atoms with van der Waals surface area (Å²) in [6, 6.07) is 65.5. The monoisotopic (exact) mass is 730 g/mol. The summed E-state index contributed by atoms with van der Waals surface area (Å²) in [5, 5.41) is 2.22. The minimum atomic E-state index is 0.613. The molecule has 270 valence electrons. The Labute approximate surface area is 333 Å². The first kappa shape index (κ1) is 35.2. The fourth-order valence-corrected chi connectivity index (χ4v) is 7.46. The van der Waals surface area contributed by atoms with Gasteiger partial charge in [-0.15, -0.1) is 0 Å². The fraction of sp³-hybridized carbons (Fsp3) is 0.0189. The molecule has 9 rings (SSSR count). The number of fused-ring (bicyclic) bond motifs is 1. The van der Waals surface area contributed by atoms with Crippen molar-refractivity contribution in [1.82, 2.24) is 15.0 Å². The van der Waals surface area contributed by atoms with Crippen LogP contribution < -0.4 is 0 Å². The summed E-state index contributed by atoms with van der Waals surface area (Å²) in [6.45, 7) is 5.91. The first-order valence-corrected chi connectivity index (χ1v) is 19.1. The Hall–Kier alpha value is -7.56. The van der Waals surface area contributed by atoms with Crippen molar-refractivity contribution in [3.05, 3.63) is 200 Å². The molecule has 0 radical (unpaired) electrons. The molecule has 0 amide bonds. The van der Waals surface area contributed by atoms with Gasteiger partial charge in [0.25, 0.3) is 0 Å².